The largest absolute Gasteiger partial charge is 0.507 e. The zero-order valence-electron chi connectivity index (χ0n) is 14.6. The Morgan fingerprint density at radius 2 is 2.08 bits per heavy atom. The standard InChI is InChI=1S/C22H28O2/c1-14-5-8-20-18-7-6-15-13-21(24)16(4-3-11-23)12-19(15)17(18)9-10-22(14,20)2/h3-4,12-13,17-18,20,23-24H,1,5-11H2,2H3/b4-3+/t17-,18+,20-,22+/m0/s1. The highest BCUT2D eigenvalue weighted by Gasteiger charge is 2.51. The van der Waals surface area contributed by atoms with Crippen LogP contribution >= 0.6 is 0 Å². The second-order valence-electron chi connectivity index (χ2n) is 8.21. The van der Waals surface area contributed by atoms with Crippen LogP contribution in [-0.2, 0) is 6.42 Å². The lowest BCUT2D eigenvalue weighted by Crippen LogP contribution is -2.40. The third-order valence-corrected chi connectivity index (χ3v) is 7.23. The molecule has 3 aliphatic rings. The third-order valence-electron chi connectivity index (χ3n) is 7.23. The first-order valence-corrected chi connectivity index (χ1v) is 9.36. The molecule has 0 spiro atoms. The Bertz CT molecular complexity index is 702. The van der Waals surface area contributed by atoms with Gasteiger partial charge in [-0.3, -0.25) is 0 Å². The molecule has 0 bridgehead atoms. The lowest BCUT2D eigenvalue weighted by atomic mass is 9.55. The summed E-state index contributed by atoms with van der Waals surface area (Å²) < 4.78 is 0. The fourth-order valence-electron chi connectivity index (χ4n) is 5.85. The van der Waals surface area contributed by atoms with E-state index in [0.717, 1.165) is 23.8 Å². The van der Waals surface area contributed by atoms with Crippen LogP contribution in [0, 0.1) is 17.3 Å². The summed E-state index contributed by atoms with van der Waals surface area (Å²) in [7, 11) is 0. The van der Waals surface area contributed by atoms with Crippen LogP contribution in [0.4, 0.5) is 0 Å². The molecule has 4 rings (SSSR count). The molecule has 3 aliphatic carbocycles. The Morgan fingerprint density at radius 1 is 1.25 bits per heavy atom. The minimum Gasteiger partial charge on any atom is -0.507 e. The van der Waals surface area contributed by atoms with Crippen LogP contribution in [0.15, 0.2) is 30.4 Å². The monoisotopic (exact) mass is 324 g/mol. The molecule has 0 heterocycles. The van der Waals surface area contributed by atoms with Crippen molar-refractivity contribution in [2.75, 3.05) is 6.61 Å². The SMILES string of the molecule is C=C1CC[C@H]2[C@@H]3CCc4cc(O)c(/C=C/CO)cc4[C@H]3CC[C@]12C. The van der Waals surface area contributed by atoms with Crippen molar-refractivity contribution in [2.24, 2.45) is 17.3 Å². The van der Waals surface area contributed by atoms with Gasteiger partial charge in [-0.05, 0) is 85.0 Å². The first kappa shape index (κ1) is 16.0. The third kappa shape index (κ3) is 2.27. The van der Waals surface area contributed by atoms with Crippen molar-refractivity contribution in [3.8, 4) is 5.75 Å². The minimum absolute atomic E-state index is 0.00508. The number of hydrogen-bond acceptors (Lipinski definition) is 2. The molecule has 128 valence electrons. The Kier molecular flexibility index (Phi) is 3.84. The smallest absolute Gasteiger partial charge is 0.123 e. The van der Waals surface area contributed by atoms with Crippen molar-refractivity contribution in [1.82, 2.24) is 0 Å². The number of aromatic hydroxyl groups is 1. The predicted molar refractivity (Wildman–Crippen MR) is 98.0 cm³/mol. The highest BCUT2D eigenvalue weighted by molar-refractivity contribution is 5.60. The highest BCUT2D eigenvalue weighted by atomic mass is 16.3. The van der Waals surface area contributed by atoms with Crippen molar-refractivity contribution in [3.63, 3.8) is 0 Å². The van der Waals surface area contributed by atoms with E-state index >= 15 is 0 Å². The Labute approximate surface area is 144 Å². The van der Waals surface area contributed by atoms with Crippen LogP contribution in [0.25, 0.3) is 6.08 Å². The second kappa shape index (κ2) is 5.77. The lowest BCUT2D eigenvalue weighted by molar-refractivity contribution is 0.0816. The molecule has 2 heteroatoms. The van der Waals surface area contributed by atoms with Crippen molar-refractivity contribution in [3.05, 3.63) is 47.1 Å². The maximum absolute atomic E-state index is 10.3. The van der Waals surface area contributed by atoms with Crippen LogP contribution in [0.3, 0.4) is 0 Å². The molecular formula is C22H28O2. The average molecular weight is 324 g/mol. The van der Waals surface area contributed by atoms with Gasteiger partial charge in [-0.1, -0.05) is 31.2 Å². The number of aliphatic hydroxyl groups excluding tert-OH is 1. The molecule has 0 radical (unpaired) electrons. The van der Waals surface area contributed by atoms with Gasteiger partial charge in [-0.15, -0.1) is 0 Å². The second-order valence-corrected chi connectivity index (χ2v) is 8.21. The number of rotatable bonds is 2. The van der Waals surface area contributed by atoms with E-state index in [-0.39, 0.29) is 6.61 Å². The van der Waals surface area contributed by atoms with E-state index in [1.807, 2.05) is 12.1 Å². The normalized spacial score (nSPS) is 34.9. The maximum Gasteiger partial charge on any atom is 0.123 e. The topological polar surface area (TPSA) is 40.5 Å². The molecule has 0 amide bonds. The molecule has 1 aromatic rings. The van der Waals surface area contributed by atoms with E-state index in [1.165, 1.54) is 48.8 Å². The van der Waals surface area contributed by atoms with Crippen molar-refractivity contribution >= 4 is 6.08 Å². The van der Waals surface area contributed by atoms with Crippen molar-refractivity contribution < 1.29 is 10.2 Å². The summed E-state index contributed by atoms with van der Waals surface area (Å²) in [5.74, 6) is 2.50. The van der Waals surface area contributed by atoms with Gasteiger partial charge in [0.25, 0.3) is 0 Å². The van der Waals surface area contributed by atoms with Gasteiger partial charge >= 0.3 is 0 Å². The van der Waals surface area contributed by atoms with Gasteiger partial charge in [0.05, 0.1) is 6.61 Å². The number of aliphatic hydroxyl groups is 1. The van der Waals surface area contributed by atoms with Crippen molar-refractivity contribution in [2.45, 2.75) is 51.4 Å². The summed E-state index contributed by atoms with van der Waals surface area (Å²) in [6.45, 7) is 6.84. The van der Waals surface area contributed by atoms with Crippen LogP contribution in [-0.4, -0.2) is 16.8 Å². The summed E-state index contributed by atoms with van der Waals surface area (Å²) in [6, 6.07) is 4.14. The number of hydrogen-bond donors (Lipinski definition) is 2. The fraction of sp³-hybridized carbons (Fsp3) is 0.545. The fourth-order valence-corrected chi connectivity index (χ4v) is 5.85. The average Bonchev–Trinajstić information content (AvgIpc) is 2.88. The maximum atomic E-state index is 10.3. The summed E-state index contributed by atoms with van der Waals surface area (Å²) in [5, 5.41) is 19.3. The molecule has 4 atom stereocenters. The van der Waals surface area contributed by atoms with Crippen molar-refractivity contribution in [1.29, 1.82) is 0 Å². The van der Waals surface area contributed by atoms with Crippen LogP contribution in [0.2, 0.25) is 0 Å². The number of phenolic OH excluding ortho intramolecular Hbond substituents is 1. The highest BCUT2D eigenvalue weighted by Crippen LogP contribution is 2.62. The van der Waals surface area contributed by atoms with E-state index in [1.54, 1.807) is 6.08 Å². The zero-order valence-corrected chi connectivity index (χ0v) is 14.6. The molecule has 2 saturated carbocycles. The van der Waals surface area contributed by atoms with Gasteiger partial charge < -0.3 is 10.2 Å². The van der Waals surface area contributed by atoms with E-state index in [0.29, 0.717) is 17.1 Å². The summed E-state index contributed by atoms with van der Waals surface area (Å²) in [4.78, 5) is 0. The molecule has 2 fully saturated rings. The molecule has 0 aliphatic heterocycles. The number of allylic oxidation sites excluding steroid dienone is 1. The van der Waals surface area contributed by atoms with Gasteiger partial charge in [0.2, 0.25) is 0 Å². The zero-order chi connectivity index (χ0) is 16.9. The van der Waals surface area contributed by atoms with Crippen LogP contribution in [0.1, 0.15) is 61.6 Å². The molecule has 0 saturated heterocycles. The molecular weight excluding hydrogens is 296 g/mol. The summed E-state index contributed by atoms with van der Waals surface area (Å²) in [5.41, 5.74) is 5.45. The summed E-state index contributed by atoms with van der Waals surface area (Å²) >= 11 is 0. The number of phenols is 1. The number of fused-ring (bicyclic) bond motifs is 5. The van der Waals surface area contributed by atoms with E-state index in [2.05, 4.69) is 19.6 Å². The molecule has 24 heavy (non-hydrogen) atoms. The summed E-state index contributed by atoms with van der Waals surface area (Å²) in [6.07, 6.45) is 10.9. The van der Waals surface area contributed by atoms with Gasteiger partial charge in [-0.25, -0.2) is 0 Å². The Morgan fingerprint density at radius 3 is 2.88 bits per heavy atom. The van der Waals surface area contributed by atoms with Crippen LogP contribution < -0.4 is 0 Å². The van der Waals surface area contributed by atoms with E-state index < -0.39 is 0 Å². The Balaban J connectivity index is 1.71. The van der Waals surface area contributed by atoms with Gasteiger partial charge in [0.15, 0.2) is 0 Å². The van der Waals surface area contributed by atoms with E-state index in [9.17, 15) is 5.11 Å². The van der Waals surface area contributed by atoms with Gasteiger partial charge in [0, 0.05) is 5.56 Å². The predicted octanol–water partition coefficient (Wildman–Crippen LogP) is 4.81. The first-order valence-electron chi connectivity index (χ1n) is 9.36. The molecule has 2 N–H and O–H groups in total. The minimum atomic E-state index is 0.00508. The molecule has 2 nitrogen and oxygen atoms in total. The molecule has 0 aromatic heterocycles. The van der Waals surface area contributed by atoms with Gasteiger partial charge in [0.1, 0.15) is 5.75 Å². The van der Waals surface area contributed by atoms with Crippen LogP contribution in [0.5, 0.6) is 5.75 Å². The Hall–Kier alpha value is -1.54. The van der Waals surface area contributed by atoms with E-state index in [4.69, 9.17) is 5.11 Å². The number of benzene rings is 1. The lowest BCUT2D eigenvalue weighted by Gasteiger charge is -2.49. The molecule has 1 aromatic carbocycles. The quantitative estimate of drug-likeness (QED) is 0.766. The number of aryl methyl sites for hydroxylation is 1. The van der Waals surface area contributed by atoms with Gasteiger partial charge in [-0.2, -0.15) is 0 Å². The molecule has 0 unspecified atom stereocenters. The first-order chi connectivity index (χ1) is 11.5.